The topological polar surface area (TPSA) is 85.1 Å². The quantitative estimate of drug-likeness (QED) is 0.687. The zero-order chi connectivity index (χ0) is 17.5. The monoisotopic (exact) mass is 346 g/mol. The number of nitrogens with zero attached hydrogens (tertiary/aromatic N) is 8. The molecule has 0 bridgehead atoms. The third-order valence-corrected chi connectivity index (χ3v) is 4.34. The highest BCUT2D eigenvalue weighted by molar-refractivity contribution is 5.35. The standard InChI is InChI=1S/C16H26N8O/c1-3-4-8-24-16(19-20-21-24)13-23-9-10-25-14(12-23)11-22(2)15-6-5-7-17-18-15/h5-7,14H,3-4,8-13H2,1-2H3. The van der Waals surface area contributed by atoms with Crippen molar-refractivity contribution in [2.24, 2.45) is 0 Å². The van der Waals surface area contributed by atoms with Crippen molar-refractivity contribution in [2.75, 3.05) is 38.2 Å². The van der Waals surface area contributed by atoms with Gasteiger partial charge in [0.2, 0.25) is 0 Å². The van der Waals surface area contributed by atoms with E-state index in [0.29, 0.717) is 0 Å². The summed E-state index contributed by atoms with van der Waals surface area (Å²) in [6, 6.07) is 3.85. The number of ether oxygens (including phenoxy) is 1. The van der Waals surface area contributed by atoms with Gasteiger partial charge in [0, 0.05) is 39.4 Å². The first-order chi connectivity index (χ1) is 12.3. The average Bonchev–Trinajstić information content (AvgIpc) is 3.08. The van der Waals surface area contributed by atoms with Crippen LogP contribution in [-0.2, 0) is 17.8 Å². The predicted molar refractivity (Wildman–Crippen MR) is 93.0 cm³/mol. The Morgan fingerprint density at radius 1 is 1.36 bits per heavy atom. The Bertz CT molecular complexity index is 634. The van der Waals surface area contributed by atoms with Crippen LogP contribution in [-0.4, -0.2) is 74.7 Å². The number of aryl methyl sites for hydroxylation is 1. The molecule has 0 N–H and O–H groups in total. The SMILES string of the molecule is CCCCn1nnnc1CN1CCOC(CN(C)c2cccnn2)C1. The summed E-state index contributed by atoms with van der Waals surface area (Å²) in [6.07, 6.45) is 4.03. The van der Waals surface area contributed by atoms with Gasteiger partial charge in [0.15, 0.2) is 11.6 Å². The summed E-state index contributed by atoms with van der Waals surface area (Å²) in [5.74, 6) is 1.78. The molecule has 9 nitrogen and oxygen atoms in total. The van der Waals surface area contributed by atoms with Crippen LogP contribution < -0.4 is 4.90 Å². The number of aromatic nitrogens is 6. The Morgan fingerprint density at radius 3 is 3.08 bits per heavy atom. The highest BCUT2D eigenvalue weighted by Gasteiger charge is 2.23. The van der Waals surface area contributed by atoms with Gasteiger partial charge in [-0.15, -0.1) is 10.2 Å². The maximum absolute atomic E-state index is 5.92. The zero-order valence-electron chi connectivity index (χ0n) is 15.0. The van der Waals surface area contributed by atoms with E-state index in [2.05, 4.69) is 42.4 Å². The molecular formula is C16H26N8O. The summed E-state index contributed by atoms with van der Waals surface area (Å²) < 4.78 is 7.84. The fourth-order valence-electron chi connectivity index (χ4n) is 2.95. The van der Waals surface area contributed by atoms with Crippen molar-refractivity contribution in [1.29, 1.82) is 0 Å². The molecule has 0 saturated carbocycles. The van der Waals surface area contributed by atoms with Crippen molar-refractivity contribution in [3.8, 4) is 0 Å². The van der Waals surface area contributed by atoms with Crippen molar-refractivity contribution >= 4 is 5.82 Å². The normalized spacial score (nSPS) is 18.4. The van der Waals surface area contributed by atoms with E-state index in [4.69, 9.17) is 4.74 Å². The van der Waals surface area contributed by atoms with E-state index in [1.54, 1.807) is 6.20 Å². The lowest BCUT2D eigenvalue weighted by Gasteiger charge is -2.34. The highest BCUT2D eigenvalue weighted by atomic mass is 16.5. The summed E-state index contributed by atoms with van der Waals surface area (Å²) in [5.41, 5.74) is 0. The van der Waals surface area contributed by atoms with Crippen LogP contribution in [0.25, 0.3) is 0 Å². The zero-order valence-corrected chi connectivity index (χ0v) is 15.0. The fraction of sp³-hybridized carbons (Fsp3) is 0.688. The van der Waals surface area contributed by atoms with Crippen LogP contribution in [0.2, 0.25) is 0 Å². The molecule has 1 saturated heterocycles. The molecule has 9 heteroatoms. The minimum absolute atomic E-state index is 0.126. The third kappa shape index (κ3) is 4.93. The molecule has 1 atom stereocenters. The van der Waals surface area contributed by atoms with Gasteiger partial charge in [-0.2, -0.15) is 5.10 Å². The van der Waals surface area contributed by atoms with Gasteiger partial charge >= 0.3 is 0 Å². The number of morpholine rings is 1. The molecule has 1 aliphatic heterocycles. The molecule has 0 aliphatic carbocycles. The largest absolute Gasteiger partial charge is 0.374 e. The van der Waals surface area contributed by atoms with Gasteiger partial charge in [-0.05, 0) is 29.0 Å². The van der Waals surface area contributed by atoms with E-state index in [1.165, 1.54) is 0 Å². The van der Waals surface area contributed by atoms with E-state index in [9.17, 15) is 0 Å². The van der Waals surface area contributed by atoms with Crippen molar-refractivity contribution in [2.45, 2.75) is 39.0 Å². The molecule has 2 aromatic rings. The Labute approximate surface area is 148 Å². The summed E-state index contributed by atoms with van der Waals surface area (Å²) in [6.45, 7) is 7.04. The van der Waals surface area contributed by atoms with E-state index in [1.807, 2.05) is 23.9 Å². The van der Waals surface area contributed by atoms with Crippen molar-refractivity contribution in [3.05, 3.63) is 24.2 Å². The average molecular weight is 346 g/mol. The van der Waals surface area contributed by atoms with E-state index >= 15 is 0 Å². The number of tetrazole rings is 1. The van der Waals surface area contributed by atoms with Gasteiger partial charge in [-0.1, -0.05) is 13.3 Å². The second kappa shape index (κ2) is 8.82. The molecule has 1 aliphatic rings. The highest BCUT2D eigenvalue weighted by Crippen LogP contribution is 2.13. The molecule has 3 rings (SSSR count). The summed E-state index contributed by atoms with van der Waals surface area (Å²) in [4.78, 5) is 4.43. The third-order valence-electron chi connectivity index (χ3n) is 4.34. The second-order valence-electron chi connectivity index (χ2n) is 6.36. The molecule has 0 spiro atoms. The molecule has 3 heterocycles. The van der Waals surface area contributed by atoms with Gasteiger partial charge in [0.05, 0.1) is 19.3 Å². The van der Waals surface area contributed by atoms with Crippen LogP contribution in [0.4, 0.5) is 5.82 Å². The van der Waals surface area contributed by atoms with Crippen LogP contribution in [0, 0.1) is 0 Å². The Morgan fingerprint density at radius 2 is 2.28 bits per heavy atom. The van der Waals surface area contributed by atoms with E-state index in [0.717, 1.165) is 63.8 Å². The summed E-state index contributed by atoms with van der Waals surface area (Å²) >= 11 is 0. The predicted octanol–water partition coefficient (Wildman–Crippen LogP) is 0.600. The van der Waals surface area contributed by atoms with Crippen molar-refractivity contribution in [3.63, 3.8) is 0 Å². The van der Waals surface area contributed by atoms with Gasteiger partial charge in [-0.3, -0.25) is 4.90 Å². The van der Waals surface area contributed by atoms with E-state index < -0.39 is 0 Å². The van der Waals surface area contributed by atoms with Gasteiger partial charge in [-0.25, -0.2) is 4.68 Å². The minimum atomic E-state index is 0.126. The lowest BCUT2D eigenvalue weighted by Crippen LogP contribution is -2.47. The fourth-order valence-corrected chi connectivity index (χ4v) is 2.95. The number of rotatable bonds is 8. The van der Waals surface area contributed by atoms with Gasteiger partial charge < -0.3 is 9.64 Å². The molecule has 2 aromatic heterocycles. The number of unbranched alkanes of at least 4 members (excludes halogenated alkanes) is 1. The lowest BCUT2D eigenvalue weighted by molar-refractivity contribution is -0.0276. The van der Waals surface area contributed by atoms with Crippen LogP contribution in [0.3, 0.4) is 0 Å². The van der Waals surface area contributed by atoms with Crippen LogP contribution in [0.5, 0.6) is 0 Å². The molecular weight excluding hydrogens is 320 g/mol. The van der Waals surface area contributed by atoms with Crippen LogP contribution in [0.1, 0.15) is 25.6 Å². The lowest BCUT2D eigenvalue weighted by atomic mass is 10.2. The van der Waals surface area contributed by atoms with Gasteiger partial charge in [0.25, 0.3) is 0 Å². The van der Waals surface area contributed by atoms with Crippen LogP contribution in [0.15, 0.2) is 18.3 Å². The van der Waals surface area contributed by atoms with Crippen molar-refractivity contribution in [1.82, 2.24) is 35.3 Å². The molecule has 136 valence electrons. The van der Waals surface area contributed by atoms with Gasteiger partial charge in [0.1, 0.15) is 0 Å². The number of hydrogen-bond donors (Lipinski definition) is 0. The Balaban J connectivity index is 1.54. The first-order valence-corrected chi connectivity index (χ1v) is 8.84. The Kier molecular flexibility index (Phi) is 6.24. The second-order valence-corrected chi connectivity index (χ2v) is 6.36. The molecule has 1 fully saturated rings. The summed E-state index contributed by atoms with van der Waals surface area (Å²) in [7, 11) is 2.01. The maximum atomic E-state index is 5.92. The maximum Gasteiger partial charge on any atom is 0.165 e. The van der Waals surface area contributed by atoms with E-state index in [-0.39, 0.29) is 6.10 Å². The smallest absolute Gasteiger partial charge is 0.165 e. The summed E-state index contributed by atoms with van der Waals surface area (Å²) in [5, 5.41) is 20.2. The molecule has 0 aromatic carbocycles. The minimum Gasteiger partial charge on any atom is -0.374 e. The number of likely N-dealkylation sites (N-methyl/N-ethyl adjacent to an activating group) is 1. The van der Waals surface area contributed by atoms with Crippen molar-refractivity contribution < 1.29 is 4.74 Å². The molecule has 25 heavy (non-hydrogen) atoms. The molecule has 1 unspecified atom stereocenters. The molecule has 0 radical (unpaired) electrons. The number of anilines is 1. The first kappa shape index (κ1) is 17.7. The number of hydrogen-bond acceptors (Lipinski definition) is 8. The van der Waals surface area contributed by atoms with Crippen LogP contribution >= 0.6 is 0 Å². The molecule has 0 amide bonds. The Hall–Kier alpha value is -2.13. The first-order valence-electron chi connectivity index (χ1n) is 8.84.